The van der Waals surface area contributed by atoms with E-state index in [4.69, 9.17) is 0 Å². The van der Waals surface area contributed by atoms with Crippen molar-refractivity contribution in [3.05, 3.63) is 53.4 Å². The van der Waals surface area contributed by atoms with Gasteiger partial charge in [-0.3, -0.25) is 15.0 Å². The standard InChI is InChI=1S/C17H21N5O2/c1-2-10-20(15-7-3-4-8-15)13-21-12-18-17(19-21)14-6-5-9-16(11-14)22(23)24/h2,5-6,9,11-12,15H,1,3-4,7-8,10,13H2. The van der Waals surface area contributed by atoms with Crippen molar-refractivity contribution in [3.8, 4) is 11.4 Å². The number of nitrogens with zero attached hydrogens (tertiary/aromatic N) is 5. The van der Waals surface area contributed by atoms with E-state index in [1.807, 2.05) is 6.08 Å². The molecule has 1 fully saturated rings. The Labute approximate surface area is 140 Å². The highest BCUT2D eigenvalue weighted by Crippen LogP contribution is 2.24. The van der Waals surface area contributed by atoms with Crippen LogP contribution in [0.5, 0.6) is 0 Å². The van der Waals surface area contributed by atoms with Crippen molar-refractivity contribution in [3.63, 3.8) is 0 Å². The lowest BCUT2D eigenvalue weighted by Gasteiger charge is -2.27. The Bertz CT molecular complexity index is 721. The fraction of sp³-hybridized carbons (Fsp3) is 0.412. The minimum absolute atomic E-state index is 0.0445. The van der Waals surface area contributed by atoms with Crippen LogP contribution in [0, 0.1) is 10.1 Å². The normalized spacial score (nSPS) is 15.0. The maximum Gasteiger partial charge on any atom is 0.270 e. The molecule has 1 aliphatic carbocycles. The molecule has 1 saturated carbocycles. The van der Waals surface area contributed by atoms with Crippen molar-refractivity contribution in [1.29, 1.82) is 0 Å². The third kappa shape index (κ3) is 3.68. The van der Waals surface area contributed by atoms with E-state index in [2.05, 4.69) is 21.6 Å². The van der Waals surface area contributed by atoms with E-state index in [9.17, 15) is 10.1 Å². The highest BCUT2D eigenvalue weighted by molar-refractivity contribution is 5.58. The second kappa shape index (κ2) is 7.35. The van der Waals surface area contributed by atoms with Crippen LogP contribution in [-0.2, 0) is 6.67 Å². The molecule has 0 N–H and O–H groups in total. The predicted octanol–water partition coefficient (Wildman–Crippen LogP) is 3.24. The summed E-state index contributed by atoms with van der Waals surface area (Å²) in [4.78, 5) is 17.1. The van der Waals surface area contributed by atoms with Gasteiger partial charge in [0, 0.05) is 30.3 Å². The first-order valence-electron chi connectivity index (χ1n) is 8.16. The number of rotatable bonds is 7. The summed E-state index contributed by atoms with van der Waals surface area (Å²) < 4.78 is 1.79. The number of aromatic nitrogens is 3. The summed E-state index contributed by atoms with van der Waals surface area (Å²) in [7, 11) is 0. The van der Waals surface area contributed by atoms with Crippen molar-refractivity contribution in [1.82, 2.24) is 19.7 Å². The molecule has 1 aliphatic rings. The van der Waals surface area contributed by atoms with Crippen LogP contribution in [-0.4, -0.2) is 37.2 Å². The van der Waals surface area contributed by atoms with Crippen LogP contribution in [0.1, 0.15) is 25.7 Å². The van der Waals surface area contributed by atoms with Crippen LogP contribution >= 0.6 is 0 Å². The van der Waals surface area contributed by atoms with Gasteiger partial charge in [-0.15, -0.1) is 11.7 Å². The van der Waals surface area contributed by atoms with Gasteiger partial charge in [-0.1, -0.05) is 31.1 Å². The van der Waals surface area contributed by atoms with Crippen LogP contribution in [0.2, 0.25) is 0 Å². The molecule has 0 radical (unpaired) electrons. The highest BCUT2D eigenvalue weighted by atomic mass is 16.6. The van der Waals surface area contributed by atoms with E-state index in [0.717, 1.165) is 6.54 Å². The molecule has 7 heteroatoms. The maximum atomic E-state index is 10.9. The Hall–Kier alpha value is -2.54. The van der Waals surface area contributed by atoms with Gasteiger partial charge in [-0.2, -0.15) is 0 Å². The van der Waals surface area contributed by atoms with Crippen molar-refractivity contribution < 1.29 is 4.92 Å². The number of hydrogen-bond acceptors (Lipinski definition) is 5. The zero-order valence-electron chi connectivity index (χ0n) is 13.5. The zero-order chi connectivity index (χ0) is 16.9. The third-order valence-electron chi connectivity index (χ3n) is 4.38. The highest BCUT2D eigenvalue weighted by Gasteiger charge is 2.22. The smallest absolute Gasteiger partial charge is 0.270 e. The summed E-state index contributed by atoms with van der Waals surface area (Å²) in [6.45, 7) is 5.31. The van der Waals surface area contributed by atoms with Crippen LogP contribution in [0.15, 0.2) is 43.2 Å². The van der Waals surface area contributed by atoms with Gasteiger partial charge in [0.05, 0.1) is 11.6 Å². The summed E-state index contributed by atoms with van der Waals surface area (Å²) in [5.74, 6) is 0.503. The van der Waals surface area contributed by atoms with Crippen molar-refractivity contribution in [2.75, 3.05) is 6.54 Å². The Morgan fingerprint density at radius 1 is 1.42 bits per heavy atom. The van der Waals surface area contributed by atoms with Crippen molar-refractivity contribution in [2.24, 2.45) is 0 Å². The monoisotopic (exact) mass is 327 g/mol. The molecule has 1 aromatic heterocycles. The SMILES string of the molecule is C=CCN(Cn1cnc(-c2cccc([N+](=O)[O-])c2)n1)C1CCCC1. The molecule has 0 amide bonds. The van der Waals surface area contributed by atoms with Gasteiger partial charge < -0.3 is 0 Å². The molecule has 1 heterocycles. The van der Waals surface area contributed by atoms with Crippen LogP contribution < -0.4 is 0 Å². The van der Waals surface area contributed by atoms with Crippen LogP contribution in [0.25, 0.3) is 11.4 Å². The minimum Gasteiger partial charge on any atom is -0.278 e. The fourth-order valence-electron chi connectivity index (χ4n) is 3.20. The molecule has 7 nitrogen and oxygen atoms in total. The summed E-state index contributed by atoms with van der Waals surface area (Å²) in [6.07, 6.45) is 8.56. The number of nitro groups is 1. The number of nitro benzene ring substituents is 1. The van der Waals surface area contributed by atoms with Crippen LogP contribution in [0.4, 0.5) is 5.69 Å². The molecule has 24 heavy (non-hydrogen) atoms. The average molecular weight is 327 g/mol. The van der Waals surface area contributed by atoms with Gasteiger partial charge >= 0.3 is 0 Å². The summed E-state index contributed by atoms with van der Waals surface area (Å²) in [6, 6.07) is 6.96. The molecular formula is C17H21N5O2. The fourth-order valence-corrected chi connectivity index (χ4v) is 3.20. The molecule has 0 unspecified atom stereocenters. The van der Waals surface area contributed by atoms with E-state index in [1.54, 1.807) is 23.1 Å². The largest absolute Gasteiger partial charge is 0.278 e. The molecule has 1 aromatic carbocycles. The van der Waals surface area contributed by atoms with Gasteiger partial charge in [0.15, 0.2) is 5.82 Å². The molecule has 0 saturated heterocycles. The lowest BCUT2D eigenvalue weighted by Crippen LogP contribution is -2.35. The quantitative estimate of drug-likeness (QED) is 0.443. The predicted molar refractivity (Wildman–Crippen MR) is 91.3 cm³/mol. The number of benzene rings is 1. The molecule has 0 atom stereocenters. The van der Waals surface area contributed by atoms with E-state index >= 15 is 0 Å². The summed E-state index contributed by atoms with van der Waals surface area (Å²) in [5, 5.41) is 15.4. The summed E-state index contributed by atoms with van der Waals surface area (Å²) >= 11 is 0. The van der Waals surface area contributed by atoms with Gasteiger partial charge in [-0.25, -0.2) is 9.67 Å². The van der Waals surface area contributed by atoms with Crippen molar-refractivity contribution >= 4 is 5.69 Å². The molecule has 0 aliphatic heterocycles. The number of hydrogen-bond donors (Lipinski definition) is 0. The maximum absolute atomic E-state index is 10.9. The van der Waals surface area contributed by atoms with E-state index in [-0.39, 0.29) is 5.69 Å². The molecule has 0 spiro atoms. The van der Waals surface area contributed by atoms with Gasteiger partial charge in [0.25, 0.3) is 5.69 Å². The van der Waals surface area contributed by atoms with Gasteiger partial charge in [-0.05, 0) is 12.8 Å². The first-order chi connectivity index (χ1) is 11.7. The third-order valence-corrected chi connectivity index (χ3v) is 4.38. The Morgan fingerprint density at radius 3 is 2.92 bits per heavy atom. The van der Waals surface area contributed by atoms with Crippen LogP contribution in [0.3, 0.4) is 0 Å². The first kappa shape index (κ1) is 16.3. The van der Waals surface area contributed by atoms with Gasteiger partial charge in [0.1, 0.15) is 6.33 Å². The zero-order valence-corrected chi connectivity index (χ0v) is 13.5. The second-order valence-corrected chi connectivity index (χ2v) is 6.05. The molecule has 0 bridgehead atoms. The minimum atomic E-state index is -0.410. The lowest BCUT2D eigenvalue weighted by molar-refractivity contribution is -0.384. The topological polar surface area (TPSA) is 77.1 Å². The number of non-ortho nitro benzene ring substituents is 1. The van der Waals surface area contributed by atoms with Gasteiger partial charge in [0.2, 0.25) is 0 Å². The molecular weight excluding hydrogens is 306 g/mol. The Kier molecular flexibility index (Phi) is 5.00. The summed E-state index contributed by atoms with van der Waals surface area (Å²) in [5.41, 5.74) is 0.696. The second-order valence-electron chi connectivity index (χ2n) is 6.05. The van der Waals surface area contributed by atoms with Crippen molar-refractivity contribution in [2.45, 2.75) is 38.4 Å². The first-order valence-corrected chi connectivity index (χ1v) is 8.16. The molecule has 126 valence electrons. The average Bonchev–Trinajstić information content (AvgIpc) is 3.26. The molecule has 3 rings (SSSR count). The Morgan fingerprint density at radius 2 is 2.21 bits per heavy atom. The molecule has 2 aromatic rings. The Balaban J connectivity index is 1.75. The lowest BCUT2D eigenvalue weighted by atomic mass is 10.2. The van der Waals surface area contributed by atoms with E-state index < -0.39 is 4.92 Å². The van der Waals surface area contributed by atoms with E-state index in [1.165, 1.54) is 37.8 Å². The van der Waals surface area contributed by atoms with E-state index in [0.29, 0.717) is 24.1 Å².